The summed E-state index contributed by atoms with van der Waals surface area (Å²) in [4.78, 5) is 215. The minimum Gasteiger partial charge on any atom is -0.480 e. The lowest BCUT2D eigenvalue weighted by atomic mass is 10.0. The van der Waals surface area contributed by atoms with Crippen molar-refractivity contribution in [1.82, 2.24) is 82.4 Å². The standard InChI is InChI=1S/C72H99N19O18/c1-42(2)29-53(65(74)102)84-70(107)54(30-45-11-7-6-8-12-45)85-71(108)56(32-49-34-75-41-79-49)82-59(94)36-78-72(109)64(43(3)4)87-66(103)44(5)80-69(106)55(31-47-33-76-51-14-10-9-13-50(47)51)86-68(105)52(19-20-57(73)92)83-67(104)46-15-17-48(18-16-46)81-58(93)35-77-60(95)37-88-21-23-89(38-61(96)97)25-27-91(40-63(100)101)28-26-90(24-22-88)39-62(98)99/h6-18,33-34,41-44,52-56,64,76H,19-32,35-40H2,1-5H3,(H2,73,92)(H2,74,102)(H,75,79)(H,77,95)(H,78,109)(H,80,106)(H,81,93)(H,82,94)(H,83,104)(H,84,107)(H,85,108)(H,86,105)(H,87,103)(H,96,97)(H,98,99)(H,100,101)/t44-,52-,53-,54-,55-,56-,64-/m0/s1. The van der Waals surface area contributed by atoms with Gasteiger partial charge in [-0.2, -0.15) is 0 Å². The summed E-state index contributed by atoms with van der Waals surface area (Å²) in [6.45, 7) is 7.03. The number of nitrogens with one attached hydrogen (secondary N) is 12. The van der Waals surface area contributed by atoms with E-state index in [1.165, 1.54) is 43.7 Å². The van der Waals surface area contributed by atoms with Gasteiger partial charge in [-0.25, -0.2) is 4.98 Å². The molecule has 5 aromatic rings. The summed E-state index contributed by atoms with van der Waals surface area (Å²) in [5, 5.41) is 55.3. The van der Waals surface area contributed by atoms with E-state index in [-0.39, 0.29) is 128 Å². The molecule has 3 aromatic carbocycles. The Morgan fingerprint density at radius 1 is 0.495 bits per heavy atom. The number of anilines is 1. The predicted octanol–water partition coefficient (Wildman–Crippen LogP) is -3.25. The Labute approximate surface area is 628 Å². The van der Waals surface area contributed by atoms with Crippen LogP contribution in [-0.4, -0.2) is 273 Å². The number of fused-ring (bicyclic) bond motifs is 1. The zero-order valence-corrected chi connectivity index (χ0v) is 61.4. The average Bonchev–Trinajstić information content (AvgIpc) is 1.73. The van der Waals surface area contributed by atoms with Gasteiger partial charge in [-0.05, 0) is 73.1 Å². The van der Waals surface area contributed by atoms with Crippen LogP contribution in [0.4, 0.5) is 5.69 Å². The highest BCUT2D eigenvalue weighted by Crippen LogP contribution is 2.20. The van der Waals surface area contributed by atoms with E-state index in [4.69, 9.17) is 11.5 Å². The van der Waals surface area contributed by atoms with Crippen molar-refractivity contribution in [2.75, 3.05) is 96.9 Å². The average molecular weight is 1520 g/mol. The van der Waals surface area contributed by atoms with Crippen molar-refractivity contribution in [1.29, 1.82) is 0 Å². The number of aromatic amines is 2. The summed E-state index contributed by atoms with van der Waals surface area (Å²) in [5.74, 6) is -13.6. The normalized spacial score (nSPS) is 15.3. The molecule has 0 bridgehead atoms. The number of H-pyrrole nitrogens is 2. The van der Waals surface area contributed by atoms with Gasteiger partial charge in [0.25, 0.3) is 5.91 Å². The molecular weight excluding hydrogens is 1420 g/mol. The fourth-order valence-electron chi connectivity index (χ4n) is 11.8. The lowest BCUT2D eigenvalue weighted by Crippen LogP contribution is -2.59. The third-order valence-electron chi connectivity index (χ3n) is 17.6. The molecule has 1 aliphatic rings. The van der Waals surface area contributed by atoms with Crippen molar-refractivity contribution >= 4 is 105 Å². The molecule has 590 valence electrons. The Morgan fingerprint density at radius 3 is 1.54 bits per heavy atom. The van der Waals surface area contributed by atoms with Crippen molar-refractivity contribution in [2.24, 2.45) is 23.3 Å². The van der Waals surface area contributed by atoms with Crippen molar-refractivity contribution in [3.05, 3.63) is 120 Å². The number of imidazole rings is 1. The first kappa shape index (κ1) is 86.2. The number of rotatable bonds is 40. The Balaban J connectivity index is 1.07. The van der Waals surface area contributed by atoms with Gasteiger partial charge in [0, 0.05) is 113 Å². The van der Waals surface area contributed by atoms with Crippen molar-refractivity contribution in [3.63, 3.8) is 0 Å². The molecule has 0 saturated carbocycles. The van der Waals surface area contributed by atoms with Gasteiger partial charge < -0.3 is 89.9 Å². The predicted molar refractivity (Wildman–Crippen MR) is 395 cm³/mol. The molecule has 37 nitrogen and oxygen atoms in total. The molecule has 3 heterocycles. The highest BCUT2D eigenvalue weighted by molar-refractivity contribution is 6.01. The van der Waals surface area contributed by atoms with Crippen molar-refractivity contribution < 1.29 is 87.2 Å². The van der Waals surface area contributed by atoms with Crippen LogP contribution < -0.4 is 64.6 Å². The van der Waals surface area contributed by atoms with Crippen LogP contribution in [0.25, 0.3) is 10.9 Å². The third kappa shape index (κ3) is 30.2. The van der Waals surface area contributed by atoms with Crippen LogP contribution in [-0.2, 0) is 86.4 Å². The number of benzene rings is 3. The van der Waals surface area contributed by atoms with Gasteiger partial charge in [-0.1, -0.05) is 76.2 Å². The Bertz CT molecular complexity index is 3940. The first-order valence-electron chi connectivity index (χ1n) is 35.5. The van der Waals surface area contributed by atoms with E-state index in [9.17, 15) is 87.2 Å². The largest absolute Gasteiger partial charge is 0.480 e. The lowest BCUT2D eigenvalue weighted by molar-refractivity contribution is -0.140. The molecule has 1 fully saturated rings. The molecule has 37 heteroatoms. The maximum atomic E-state index is 14.5. The maximum absolute atomic E-state index is 14.5. The number of hydrogen-bond donors (Lipinski definition) is 17. The smallest absolute Gasteiger partial charge is 0.317 e. The number of primary amides is 2. The van der Waals surface area contributed by atoms with E-state index in [1.807, 2.05) is 13.8 Å². The van der Waals surface area contributed by atoms with E-state index in [2.05, 4.69) is 68.1 Å². The number of nitrogens with two attached hydrogens (primary N) is 2. The van der Waals surface area contributed by atoms with E-state index in [0.29, 0.717) is 27.7 Å². The lowest BCUT2D eigenvalue weighted by Gasteiger charge is -2.32. The Hall–Kier alpha value is -11.7. The van der Waals surface area contributed by atoms with Crippen molar-refractivity contribution in [3.8, 4) is 0 Å². The molecule has 1 aliphatic heterocycles. The van der Waals surface area contributed by atoms with Crippen LogP contribution in [0.1, 0.15) is 81.1 Å². The van der Waals surface area contributed by atoms with Crippen molar-refractivity contribution in [2.45, 2.75) is 115 Å². The Kier molecular flexibility index (Phi) is 34.2. The molecule has 6 rings (SSSR count). The first-order chi connectivity index (χ1) is 51.8. The highest BCUT2D eigenvalue weighted by Gasteiger charge is 2.35. The van der Waals surface area contributed by atoms with Gasteiger partial charge in [0.05, 0.1) is 51.3 Å². The number of hydrogen-bond acceptors (Lipinski definition) is 20. The van der Waals surface area contributed by atoms with Crippen LogP contribution in [0.15, 0.2) is 97.6 Å². The van der Waals surface area contributed by atoms with Crippen LogP contribution in [0.5, 0.6) is 0 Å². The number of para-hydroxylation sites is 1. The van der Waals surface area contributed by atoms with Crippen LogP contribution in [0.3, 0.4) is 0 Å². The van der Waals surface area contributed by atoms with Crippen LogP contribution in [0.2, 0.25) is 0 Å². The van der Waals surface area contributed by atoms with Gasteiger partial charge in [0.2, 0.25) is 65.0 Å². The number of carbonyl (C=O) groups excluding carboxylic acids is 12. The van der Waals surface area contributed by atoms with Gasteiger partial charge in [0.15, 0.2) is 0 Å². The molecule has 2 aromatic heterocycles. The monoisotopic (exact) mass is 1520 g/mol. The molecule has 1 saturated heterocycles. The van der Waals surface area contributed by atoms with Crippen LogP contribution in [0, 0.1) is 11.8 Å². The van der Waals surface area contributed by atoms with Crippen LogP contribution >= 0.6 is 0 Å². The summed E-state index contributed by atoms with van der Waals surface area (Å²) in [6, 6.07) is 11.8. The molecule has 0 aliphatic carbocycles. The summed E-state index contributed by atoms with van der Waals surface area (Å²) >= 11 is 0. The number of nitrogens with zero attached hydrogens (tertiary/aromatic N) is 5. The third-order valence-corrected chi connectivity index (χ3v) is 17.6. The molecule has 0 spiro atoms. The SMILES string of the molecule is CC(C)C[C@H](NC(=O)[C@H](Cc1ccccc1)NC(=O)[C@H](Cc1c[nH]cn1)NC(=O)CNC(=O)[C@@H](NC(=O)[C@H](C)NC(=O)[C@H](Cc1c[nH]c2ccccc12)NC(=O)[C@H](CCC(N)=O)NC(=O)c1ccc(NC(=O)CNC(=O)CN2CCN(CC(=O)O)CCN(CC(=O)O)CCN(CC(=O)O)CC2)cc1)C(C)C)C(N)=O. The molecule has 19 N–H and O–H groups in total. The van der Waals surface area contributed by atoms with E-state index in [0.717, 1.165) is 0 Å². The number of carboxylic acids is 3. The van der Waals surface area contributed by atoms with E-state index >= 15 is 0 Å². The summed E-state index contributed by atoms with van der Waals surface area (Å²) in [6.07, 6.45) is 3.58. The fourth-order valence-corrected chi connectivity index (χ4v) is 11.8. The minimum absolute atomic E-state index is 0.0131. The summed E-state index contributed by atoms with van der Waals surface area (Å²) in [5.41, 5.74) is 13.6. The second-order valence-electron chi connectivity index (χ2n) is 27.3. The number of carbonyl (C=O) groups is 15. The van der Waals surface area contributed by atoms with Gasteiger partial charge >= 0.3 is 17.9 Å². The number of aromatic nitrogens is 3. The molecule has 0 unspecified atom stereocenters. The zero-order chi connectivity index (χ0) is 79.9. The molecule has 12 amide bonds. The quantitative estimate of drug-likeness (QED) is 0.0183. The zero-order valence-electron chi connectivity index (χ0n) is 61.4. The maximum Gasteiger partial charge on any atom is 0.317 e. The van der Waals surface area contributed by atoms with Gasteiger partial charge in [-0.3, -0.25) is 91.5 Å². The second kappa shape index (κ2) is 43.2. The minimum atomic E-state index is -1.51. The number of aliphatic carboxylic acids is 3. The summed E-state index contributed by atoms with van der Waals surface area (Å²) < 4.78 is 0. The number of carboxylic acid groups (broad SMARTS) is 3. The number of amides is 12. The highest BCUT2D eigenvalue weighted by atomic mass is 16.4. The first-order valence-corrected chi connectivity index (χ1v) is 35.5. The molecule has 0 radical (unpaired) electrons. The van der Waals surface area contributed by atoms with Gasteiger partial charge in [-0.15, -0.1) is 0 Å². The second-order valence-corrected chi connectivity index (χ2v) is 27.3. The van der Waals surface area contributed by atoms with Gasteiger partial charge in [0.1, 0.15) is 42.3 Å². The fraction of sp³-hybridized carbons (Fsp3) is 0.472. The van der Waals surface area contributed by atoms with E-state index < -0.39 is 157 Å². The Morgan fingerprint density at radius 2 is 1.01 bits per heavy atom. The molecule has 7 atom stereocenters. The van der Waals surface area contributed by atoms with E-state index in [1.54, 1.807) is 94.2 Å². The molecule has 109 heavy (non-hydrogen) atoms. The molecular formula is C72H99N19O18. The topological polar surface area (TPSA) is 547 Å². The summed E-state index contributed by atoms with van der Waals surface area (Å²) in [7, 11) is 0.